The zero-order valence-corrected chi connectivity index (χ0v) is 22.8. The highest BCUT2D eigenvalue weighted by atomic mass is 79.9. The highest BCUT2D eigenvalue weighted by molar-refractivity contribution is 9.11. The standard InChI is InChI=1S/C26H19BrF12N2O2/c27-16-4-1-13(2-5-16)11-23(41-22(42)40-12-24(32,33)34,14-3-6-20(29)19(9-14)25(35,36)37)15-7-17(28)10-18(8-15)43-26(38,39)21(30)31/h1,3-10,13,21H,2,11-12H2,(H2,40,41,42)/t13?,23-/m0/s1. The Morgan fingerprint density at radius 1 is 0.977 bits per heavy atom. The second kappa shape index (κ2) is 12.7. The van der Waals surface area contributed by atoms with Crippen LogP contribution in [0.3, 0.4) is 0 Å². The van der Waals surface area contributed by atoms with Crippen LogP contribution in [0.1, 0.15) is 29.5 Å². The van der Waals surface area contributed by atoms with Gasteiger partial charge in [-0.3, -0.25) is 0 Å². The predicted molar refractivity (Wildman–Crippen MR) is 132 cm³/mol. The fourth-order valence-corrected chi connectivity index (χ4v) is 4.62. The van der Waals surface area contributed by atoms with E-state index in [0.29, 0.717) is 28.7 Å². The fourth-order valence-electron chi connectivity index (χ4n) is 4.28. The third kappa shape index (κ3) is 8.83. The normalized spacial score (nSPS) is 17.3. The van der Waals surface area contributed by atoms with Gasteiger partial charge < -0.3 is 15.4 Å². The molecule has 2 N–H and O–H groups in total. The van der Waals surface area contributed by atoms with Crippen molar-refractivity contribution >= 4 is 22.0 Å². The summed E-state index contributed by atoms with van der Waals surface area (Å²) in [4.78, 5) is 12.8. The number of carbonyl (C=O) groups excluding carboxylic acids is 1. The van der Waals surface area contributed by atoms with Crippen LogP contribution in [0.4, 0.5) is 57.5 Å². The number of alkyl halides is 10. The van der Waals surface area contributed by atoms with Crippen molar-refractivity contribution in [2.45, 2.75) is 43.3 Å². The molecule has 0 radical (unpaired) electrons. The molecular weight excluding hydrogens is 680 g/mol. The van der Waals surface area contributed by atoms with E-state index >= 15 is 0 Å². The molecule has 2 amide bonds. The number of amides is 2. The number of carbonyl (C=O) groups is 1. The van der Waals surface area contributed by atoms with Gasteiger partial charge in [0, 0.05) is 10.5 Å². The van der Waals surface area contributed by atoms with E-state index in [0.717, 1.165) is 0 Å². The molecule has 0 saturated heterocycles. The number of hydrogen-bond acceptors (Lipinski definition) is 2. The van der Waals surface area contributed by atoms with Crippen molar-refractivity contribution < 1.29 is 62.2 Å². The maximum atomic E-state index is 14.8. The van der Waals surface area contributed by atoms with Crippen molar-refractivity contribution in [3.8, 4) is 5.75 Å². The van der Waals surface area contributed by atoms with Crippen LogP contribution in [0, 0.1) is 17.6 Å². The number of rotatable bonds is 9. The monoisotopic (exact) mass is 698 g/mol. The number of allylic oxidation sites excluding steroid dienone is 4. The third-order valence-corrected chi connectivity index (χ3v) is 6.71. The summed E-state index contributed by atoms with van der Waals surface area (Å²) in [6, 6.07) is 0.849. The molecular formula is C26H19BrF12N2O2. The van der Waals surface area contributed by atoms with Gasteiger partial charge in [-0.1, -0.05) is 40.2 Å². The van der Waals surface area contributed by atoms with Crippen LogP contribution in [0.5, 0.6) is 5.75 Å². The van der Waals surface area contributed by atoms with Crippen LogP contribution >= 0.6 is 15.9 Å². The van der Waals surface area contributed by atoms with E-state index in [1.54, 1.807) is 6.08 Å². The average Bonchev–Trinajstić information content (AvgIpc) is 2.87. The van der Waals surface area contributed by atoms with E-state index in [1.807, 2.05) is 0 Å². The van der Waals surface area contributed by atoms with Crippen LogP contribution in [0.25, 0.3) is 0 Å². The smallest absolute Gasteiger partial charge is 0.428 e. The molecule has 0 spiro atoms. The summed E-state index contributed by atoms with van der Waals surface area (Å²) in [7, 11) is 0. The second-order valence-electron chi connectivity index (χ2n) is 9.31. The Balaban J connectivity index is 2.31. The van der Waals surface area contributed by atoms with E-state index in [4.69, 9.17) is 0 Å². The highest BCUT2D eigenvalue weighted by Gasteiger charge is 2.46. The number of hydrogen-bond donors (Lipinski definition) is 2. The highest BCUT2D eigenvalue weighted by Crippen LogP contribution is 2.43. The third-order valence-electron chi connectivity index (χ3n) is 6.12. The summed E-state index contributed by atoms with van der Waals surface area (Å²) in [5.41, 5.74) is -5.76. The minimum atomic E-state index is -5.34. The van der Waals surface area contributed by atoms with E-state index in [-0.39, 0.29) is 18.6 Å². The molecule has 2 atom stereocenters. The van der Waals surface area contributed by atoms with Crippen molar-refractivity contribution in [2.24, 2.45) is 5.92 Å². The van der Waals surface area contributed by atoms with Gasteiger partial charge in [-0.25, -0.2) is 13.6 Å². The molecule has 0 bridgehead atoms. The molecule has 0 fully saturated rings. The zero-order valence-electron chi connectivity index (χ0n) is 21.2. The minimum Gasteiger partial charge on any atom is -0.428 e. The van der Waals surface area contributed by atoms with Crippen molar-refractivity contribution in [3.63, 3.8) is 0 Å². The largest absolute Gasteiger partial charge is 0.461 e. The Morgan fingerprint density at radius 3 is 2.21 bits per heavy atom. The molecule has 43 heavy (non-hydrogen) atoms. The number of halogens is 13. The second-order valence-corrected chi connectivity index (χ2v) is 10.2. The summed E-state index contributed by atoms with van der Waals surface area (Å²) in [6.07, 6.45) is -15.8. The Bertz CT molecular complexity index is 1390. The number of urea groups is 1. The molecule has 17 heteroatoms. The lowest BCUT2D eigenvalue weighted by molar-refractivity contribution is -0.253. The minimum absolute atomic E-state index is 0.0974. The maximum Gasteiger partial charge on any atom is 0.461 e. The van der Waals surface area contributed by atoms with E-state index in [2.05, 4.69) is 26.0 Å². The topological polar surface area (TPSA) is 50.4 Å². The number of benzene rings is 2. The van der Waals surface area contributed by atoms with Crippen LogP contribution in [0.15, 0.2) is 59.1 Å². The molecule has 0 heterocycles. The molecule has 1 aliphatic carbocycles. The van der Waals surface area contributed by atoms with Crippen LogP contribution < -0.4 is 15.4 Å². The summed E-state index contributed by atoms with van der Waals surface area (Å²) >= 11 is 3.19. The first-order valence-corrected chi connectivity index (χ1v) is 12.7. The summed E-state index contributed by atoms with van der Waals surface area (Å²) in [5, 5.41) is 3.52. The molecule has 4 nitrogen and oxygen atoms in total. The van der Waals surface area contributed by atoms with Crippen LogP contribution in [-0.4, -0.2) is 31.3 Å². The van der Waals surface area contributed by atoms with Gasteiger partial charge in [-0.2, -0.15) is 43.9 Å². The summed E-state index contributed by atoms with van der Waals surface area (Å²) in [5.74, 6) is -5.27. The lowest BCUT2D eigenvalue weighted by atomic mass is 9.74. The molecule has 0 aliphatic heterocycles. The lowest BCUT2D eigenvalue weighted by Gasteiger charge is -2.39. The van der Waals surface area contributed by atoms with Crippen molar-refractivity contribution in [3.05, 3.63) is 87.4 Å². The first-order valence-electron chi connectivity index (χ1n) is 11.9. The van der Waals surface area contributed by atoms with E-state index in [9.17, 15) is 57.5 Å². The SMILES string of the molecule is O=C(NCC(F)(F)F)N[C@](CC1C=CC(Br)=CC1)(c1cc(F)cc(OC(F)(F)C(F)F)c1)c1ccc(F)c(C(F)(F)F)c1. The van der Waals surface area contributed by atoms with E-state index < -0.39 is 89.4 Å². The molecule has 2 aromatic carbocycles. The maximum absolute atomic E-state index is 14.8. The van der Waals surface area contributed by atoms with Crippen molar-refractivity contribution in [1.82, 2.24) is 10.6 Å². The summed E-state index contributed by atoms with van der Waals surface area (Å²) < 4.78 is 166. The van der Waals surface area contributed by atoms with Gasteiger partial charge in [0.2, 0.25) is 0 Å². The van der Waals surface area contributed by atoms with Gasteiger partial charge >= 0.3 is 30.9 Å². The first kappa shape index (κ1) is 34.1. The molecule has 0 saturated carbocycles. The zero-order chi connectivity index (χ0) is 32.4. The van der Waals surface area contributed by atoms with Crippen molar-refractivity contribution in [2.75, 3.05) is 6.54 Å². The molecule has 1 aliphatic rings. The lowest BCUT2D eigenvalue weighted by Crippen LogP contribution is -2.53. The average molecular weight is 699 g/mol. The molecule has 3 rings (SSSR count). The number of ether oxygens (including phenoxy) is 1. The summed E-state index contributed by atoms with van der Waals surface area (Å²) in [6.45, 7) is -1.93. The fraction of sp³-hybridized carbons (Fsp3) is 0.346. The van der Waals surface area contributed by atoms with Gasteiger partial charge in [-0.05, 0) is 54.2 Å². The van der Waals surface area contributed by atoms with E-state index in [1.165, 1.54) is 17.5 Å². The quantitative estimate of drug-likeness (QED) is 0.258. The van der Waals surface area contributed by atoms with Gasteiger partial charge in [0.25, 0.3) is 0 Å². The van der Waals surface area contributed by atoms with Gasteiger partial charge in [-0.15, -0.1) is 0 Å². The Kier molecular flexibility index (Phi) is 10.1. The first-order chi connectivity index (χ1) is 19.7. The Morgan fingerprint density at radius 2 is 1.65 bits per heavy atom. The van der Waals surface area contributed by atoms with Gasteiger partial charge in [0.05, 0.1) is 11.1 Å². The predicted octanol–water partition coefficient (Wildman–Crippen LogP) is 8.57. The van der Waals surface area contributed by atoms with Crippen molar-refractivity contribution in [1.29, 1.82) is 0 Å². The molecule has 1 unspecified atom stereocenters. The molecule has 2 aromatic rings. The van der Waals surface area contributed by atoms with Crippen LogP contribution in [-0.2, 0) is 11.7 Å². The number of nitrogens with one attached hydrogen (secondary N) is 2. The van der Waals surface area contributed by atoms with Gasteiger partial charge in [0.1, 0.15) is 23.9 Å². The Hall–Kier alpha value is -3.37. The Labute approximate surface area is 243 Å². The molecule has 236 valence electrons. The van der Waals surface area contributed by atoms with Gasteiger partial charge in [0.15, 0.2) is 0 Å². The molecule has 0 aromatic heterocycles. The van der Waals surface area contributed by atoms with Crippen LogP contribution in [0.2, 0.25) is 0 Å².